The molecule has 0 aromatic heterocycles. The fourth-order valence-corrected chi connectivity index (χ4v) is 3.24. The van der Waals surface area contributed by atoms with Gasteiger partial charge in [-0.2, -0.15) is 5.26 Å². The number of hydrogen-bond donors (Lipinski definition) is 1. The maximum absolute atomic E-state index is 9.85. The number of nitriles is 1. The molecule has 0 saturated carbocycles. The van der Waals surface area contributed by atoms with Crippen LogP contribution in [0.4, 0.5) is 0 Å². The van der Waals surface area contributed by atoms with Gasteiger partial charge in [0.2, 0.25) is 0 Å². The summed E-state index contributed by atoms with van der Waals surface area (Å²) in [5.74, 6) is 0. The molecule has 0 aromatic rings. The molecule has 3 nitrogen and oxygen atoms in total. The Morgan fingerprint density at radius 2 is 1.94 bits per heavy atom. The molecule has 1 aliphatic rings. The van der Waals surface area contributed by atoms with Crippen molar-refractivity contribution in [3.63, 3.8) is 0 Å². The topological polar surface area (TPSA) is 53.2 Å². The van der Waals surface area contributed by atoms with Gasteiger partial charge >= 0.3 is 0 Å². The highest BCUT2D eigenvalue weighted by atomic mass is 28.4. The molecule has 0 radical (unpaired) electrons. The van der Waals surface area contributed by atoms with Crippen LogP contribution in [0.15, 0.2) is 11.1 Å². The van der Waals surface area contributed by atoms with E-state index in [1.54, 1.807) is 0 Å². The second-order valence-electron chi connectivity index (χ2n) is 6.73. The van der Waals surface area contributed by atoms with Gasteiger partial charge in [0, 0.05) is 18.4 Å². The van der Waals surface area contributed by atoms with Crippen LogP contribution in [0.5, 0.6) is 0 Å². The number of nitrogens with zero attached hydrogens (tertiary/aromatic N) is 1. The van der Waals surface area contributed by atoms with E-state index in [0.717, 1.165) is 5.57 Å². The number of aliphatic hydroxyl groups is 1. The molecule has 1 rings (SSSR count). The van der Waals surface area contributed by atoms with Crippen molar-refractivity contribution in [3.8, 4) is 6.07 Å². The van der Waals surface area contributed by atoms with Gasteiger partial charge in [-0.05, 0) is 30.6 Å². The maximum Gasteiger partial charge on any atom is 0.192 e. The molecular weight excluding hydrogens is 242 g/mol. The van der Waals surface area contributed by atoms with E-state index in [4.69, 9.17) is 9.69 Å². The zero-order chi connectivity index (χ0) is 14.1. The van der Waals surface area contributed by atoms with E-state index in [1.807, 2.05) is 6.92 Å². The third-order valence-electron chi connectivity index (χ3n) is 4.26. The van der Waals surface area contributed by atoms with Crippen molar-refractivity contribution in [1.29, 1.82) is 5.26 Å². The lowest BCUT2D eigenvalue weighted by atomic mass is 9.89. The number of rotatable bonds is 2. The standard InChI is InChI=1S/C14H25NO2Si/c1-10-11(9-15)7-12(16)8-13(10)17-18(5,6)14(2,3)4/h12-13,16H,7-8H2,1-6H3/t12-,13?/m1/s1. The first-order valence-electron chi connectivity index (χ1n) is 6.54. The minimum atomic E-state index is -1.86. The van der Waals surface area contributed by atoms with E-state index >= 15 is 0 Å². The molecule has 4 heteroatoms. The highest BCUT2D eigenvalue weighted by molar-refractivity contribution is 6.74. The first-order chi connectivity index (χ1) is 8.08. The van der Waals surface area contributed by atoms with Crippen LogP contribution in [0, 0.1) is 11.3 Å². The molecule has 0 aromatic carbocycles. The molecule has 0 bridgehead atoms. The van der Waals surface area contributed by atoms with Gasteiger partial charge in [0.1, 0.15) is 0 Å². The van der Waals surface area contributed by atoms with Crippen molar-refractivity contribution in [2.45, 2.75) is 70.9 Å². The SMILES string of the molecule is CC1=C(C#N)C[C@@H](O)CC1O[Si](C)(C)C(C)(C)C. The van der Waals surface area contributed by atoms with Crippen molar-refractivity contribution < 1.29 is 9.53 Å². The second-order valence-corrected chi connectivity index (χ2v) is 11.5. The lowest BCUT2D eigenvalue weighted by Crippen LogP contribution is -2.45. The first-order valence-corrected chi connectivity index (χ1v) is 9.45. The summed E-state index contributed by atoms with van der Waals surface area (Å²) in [5, 5.41) is 19.1. The van der Waals surface area contributed by atoms with Gasteiger partial charge in [0.25, 0.3) is 0 Å². The molecule has 1 N–H and O–H groups in total. The number of hydrogen-bond acceptors (Lipinski definition) is 3. The van der Waals surface area contributed by atoms with Gasteiger partial charge < -0.3 is 9.53 Å². The van der Waals surface area contributed by atoms with E-state index in [9.17, 15) is 5.11 Å². The summed E-state index contributed by atoms with van der Waals surface area (Å²) in [5.41, 5.74) is 1.70. The average molecular weight is 267 g/mol. The molecule has 102 valence electrons. The minimum absolute atomic E-state index is 0.0932. The molecular formula is C14H25NO2Si. The molecule has 1 unspecified atom stereocenters. The quantitative estimate of drug-likeness (QED) is 0.780. The summed E-state index contributed by atoms with van der Waals surface area (Å²) in [6, 6.07) is 2.19. The van der Waals surface area contributed by atoms with Crippen LogP contribution in [0.25, 0.3) is 0 Å². The van der Waals surface area contributed by atoms with Crippen molar-refractivity contribution in [1.82, 2.24) is 0 Å². The van der Waals surface area contributed by atoms with Gasteiger partial charge in [-0.1, -0.05) is 20.8 Å². The molecule has 0 amide bonds. The second kappa shape index (κ2) is 5.16. The maximum atomic E-state index is 9.85. The third kappa shape index (κ3) is 3.22. The fraction of sp³-hybridized carbons (Fsp3) is 0.786. The normalized spacial score (nSPS) is 26.1. The highest BCUT2D eigenvalue weighted by Crippen LogP contribution is 2.40. The van der Waals surface area contributed by atoms with Gasteiger partial charge in [-0.15, -0.1) is 0 Å². The largest absolute Gasteiger partial charge is 0.410 e. The Bertz CT molecular complexity index is 388. The molecule has 0 spiro atoms. The highest BCUT2D eigenvalue weighted by Gasteiger charge is 2.41. The lowest BCUT2D eigenvalue weighted by molar-refractivity contribution is 0.0927. The van der Waals surface area contributed by atoms with E-state index < -0.39 is 14.4 Å². The minimum Gasteiger partial charge on any atom is -0.410 e. The zero-order valence-corrected chi connectivity index (χ0v) is 13.4. The number of aliphatic hydroxyl groups excluding tert-OH is 1. The Balaban J connectivity index is 2.95. The molecule has 0 aliphatic heterocycles. The Morgan fingerprint density at radius 3 is 2.39 bits per heavy atom. The van der Waals surface area contributed by atoms with Crippen LogP contribution in [0.2, 0.25) is 18.1 Å². The van der Waals surface area contributed by atoms with Crippen LogP contribution in [-0.2, 0) is 4.43 Å². The lowest BCUT2D eigenvalue weighted by Gasteiger charge is -2.41. The van der Waals surface area contributed by atoms with Crippen molar-refractivity contribution in [2.24, 2.45) is 0 Å². The smallest absolute Gasteiger partial charge is 0.192 e. The van der Waals surface area contributed by atoms with Crippen LogP contribution in [0.3, 0.4) is 0 Å². The van der Waals surface area contributed by atoms with Gasteiger partial charge in [0.05, 0.1) is 18.3 Å². The predicted octanol–water partition coefficient (Wildman–Crippen LogP) is 3.37. The molecule has 0 heterocycles. The van der Waals surface area contributed by atoms with E-state index in [2.05, 4.69) is 39.9 Å². The third-order valence-corrected chi connectivity index (χ3v) is 8.75. The fourth-order valence-electron chi connectivity index (χ4n) is 1.90. The molecule has 2 atom stereocenters. The van der Waals surface area contributed by atoms with E-state index in [-0.39, 0.29) is 11.1 Å². The summed E-state index contributed by atoms with van der Waals surface area (Å²) in [6.45, 7) is 13.0. The summed E-state index contributed by atoms with van der Waals surface area (Å²) in [6.07, 6.45) is 0.547. The van der Waals surface area contributed by atoms with Crippen molar-refractivity contribution in [3.05, 3.63) is 11.1 Å². The van der Waals surface area contributed by atoms with Crippen LogP contribution in [-0.4, -0.2) is 25.6 Å². The molecule has 0 saturated heterocycles. The summed E-state index contributed by atoms with van der Waals surface area (Å²) >= 11 is 0. The zero-order valence-electron chi connectivity index (χ0n) is 12.4. The molecule has 1 aliphatic carbocycles. The summed E-state index contributed by atoms with van der Waals surface area (Å²) in [4.78, 5) is 0. The first kappa shape index (κ1) is 15.4. The Morgan fingerprint density at radius 1 is 1.39 bits per heavy atom. The predicted molar refractivity (Wildman–Crippen MR) is 75.6 cm³/mol. The Labute approximate surface area is 112 Å². The Kier molecular flexibility index (Phi) is 4.42. The molecule has 0 fully saturated rings. The molecule has 18 heavy (non-hydrogen) atoms. The monoisotopic (exact) mass is 267 g/mol. The van der Waals surface area contributed by atoms with Crippen molar-refractivity contribution >= 4 is 8.32 Å². The average Bonchev–Trinajstić information content (AvgIpc) is 2.20. The van der Waals surface area contributed by atoms with Crippen LogP contribution >= 0.6 is 0 Å². The van der Waals surface area contributed by atoms with Crippen LogP contribution < -0.4 is 0 Å². The van der Waals surface area contributed by atoms with Crippen molar-refractivity contribution in [2.75, 3.05) is 0 Å². The van der Waals surface area contributed by atoms with E-state index in [1.165, 1.54) is 0 Å². The summed E-state index contributed by atoms with van der Waals surface area (Å²) in [7, 11) is -1.86. The summed E-state index contributed by atoms with van der Waals surface area (Å²) < 4.78 is 6.33. The van der Waals surface area contributed by atoms with Gasteiger partial charge in [-0.3, -0.25) is 0 Å². The van der Waals surface area contributed by atoms with E-state index in [0.29, 0.717) is 18.4 Å². The van der Waals surface area contributed by atoms with Gasteiger partial charge in [0.15, 0.2) is 8.32 Å². The van der Waals surface area contributed by atoms with Crippen LogP contribution in [0.1, 0.15) is 40.5 Å². The Hall–Kier alpha value is -0.633. The van der Waals surface area contributed by atoms with Gasteiger partial charge in [-0.25, -0.2) is 0 Å².